The summed E-state index contributed by atoms with van der Waals surface area (Å²) < 4.78 is 14.2. The second-order valence-electron chi connectivity index (χ2n) is 6.82. The van der Waals surface area contributed by atoms with Crippen LogP contribution in [-0.2, 0) is 0 Å². The number of hydrogen-bond donors (Lipinski definition) is 4. The first-order valence-corrected chi connectivity index (χ1v) is 9.83. The number of amides is 2. The molecule has 1 fully saturated rings. The molecule has 9 nitrogen and oxygen atoms in total. The molecule has 30 heavy (non-hydrogen) atoms. The van der Waals surface area contributed by atoms with Crippen LogP contribution in [0.1, 0.15) is 6.92 Å². The second kappa shape index (κ2) is 8.87. The average molecular weight is 410 g/mol. The van der Waals surface area contributed by atoms with E-state index in [4.69, 9.17) is 0 Å². The summed E-state index contributed by atoms with van der Waals surface area (Å²) in [5.41, 5.74) is 2.27. The Morgan fingerprint density at radius 2 is 1.97 bits per heavy atom. The molecule has 0 atom stereocenters. The van der Waals surface area contributed by atoms with Crippen LogP contribution in [0.15, 0.2) is 36.5 Å². The highest BCUT2D eigenvalue weighted by molar-refractivity contribution is 5.90. The van der Waals surface area contributed by atoms with Crippen molar-refractivity contribution in [1.29, 1.82) is 0 Å². The van der Waals surface area contributed by atoms with Crippen molar-refractivity contribution in [2.24, 2.45) is 0 Å². The molecular weight excluding hydrogens is 387 g/mol. The molecule has 2 amide bonds. The number of benzene rings is 1. The third-order valence-electron chi connectivity index (χ3n) is 4.70. The molecule has 4 rings (SSSR count). The first-order chi connectivity index (χ1) is 14.6. The predicted octanol–water partition coefficient (Wildman–Crippen LogP) is 2.46. The van der Waals surface area contributed by atoms with Crippen molar-refractivity contribution in [3.05, 3.63) is 42.3 Å². The largest absolute Gasteiger partial charge is 0.369 e. The number of halogens is 1. The first kappa shape index (κ1) is 19.8. The molecule has 0 aliphatic carbocycles. The fourth-order valence-electron chi connectivity index (χ4n) is 3.21. The summed E-state index contributed by atoms with van der Waals surface area (Å²) in [5.74, 6) is -0.500. The van der Waals surface area contributed by atoms with Gasteiger partial charge in [-0.3, -0.25) is 5.32 Å². The van der Waals surface area contributed by atoms with Crippen LogP contribution in [0.3, 0.4) is 0 Å². The Balaban J connectivity index is 1.51. The number of hydrogen-bond acceptors (Lipinski definition) is 7. The van der Waals surface area contributed by atoms with Crippen LogP contribution >= 0.6 is 0 Å². The van der Waals surface area contributed by atoms with Crippen LogP contribution in [0.2, 0.25) is 0 Å². The third kappa shape index (κ3) is 4.54. The van der Waals surface area contributed by atoms with Gasteiger partial charge in [0.1, 0.15) is 0 Å². The fraction of sp³-hybridized carbons (Fsp3) is 0.300. The van der Waals surface area contributed by atoms with Crippen LogP contribution in [0, 0.1) is 5.82 Å². The molecule has 156 valence electrons. The average Bonchev–Trinajstić information content (AvgIpc) is 2.76. The van der Waals surface area contributed by atoms with E-state index in [1.807, 2.05) is 12.1 Å². The Labute approximate surface area is 173 Å². The van der Waals surface area contributed by atoms with E-state index in [2.05, 4.69) is 53.3 Å². The number of fused-ring (bicyclic) bond motifs is 1. The molecule has 1 aliphatic heterocycles. The molecule has 4 N–H and O–H groups in total. The highest BCUT2D eigenvalue weighted by Gasteiger charge is 2.13. The number of nitrogens with one attached hydrogen (secondary N) is 4. The lowest BCUT2D eigenvalue weighted by molar-refractivity contribution is 0.252. The van der Waals surface area contributed by atoms with Gasteiger partial charge in [0.05, 0.1) is 0 Å². The lowest BCUT2D eigenvalue weighted by atomic mass is 10.2. The molecule has 1 saturated heterocycles. The Bertz CT molecular complexity index is 1040. The molecule has 0 spiro atoms. The molecule has 0 bridgehead atoms. The lowest BCUT2D eigenvalue weighted by Gasteiger charge is -2.29. The summed E-state index contributed by atoms with van der Waals surface area (Å²) in [6, 6.07) is 8.75. The number of anilines is 4. The van der Waals surface area contributed by atoms with Gasteiger partial charge >= 0.3 is 6.03 Å². The summed E-state index contributed by atoms with van der Waals surface area (Å²) in [5, 5.41) is 11.8. The Morgan fingerprint density at radius 1 is 1.20 bits per heavy atom. The maximum absolute atomic E-state index is 14.2. The number of pyridine rings is 1. The number of aromatic nitrogens is 3. The molecule has 0 unspecified atom stereocenters. The summed E-state index contributed by atoms with van der Waals surface area (Å²) >= 11 is 0. The van der Waals surface area contributed by atoms with Gasteiger partial charge in [0.15, 0.2) is 17.3 Å². The zero-order valence-electron chi connectivity index (χ0n) is 16.6. The van der Waals surface area contributed by atoms with E-state index in [-0.39, 0.29) is 11.5 Å². The van der Waals surface area contributed by atoms with Crippen LogP contribution in [0.5, 0.6) is 0 Å². The number of urea groups is 1. The van der Waals surface area contributed by atoms with Crippen molar-refractivity contribution in [3.63, 3.8) is 0 Å². The molecule has 3 heterocycles. The zero-order chi connectivity index (χ0) is 20.9. The minimum absolute atomic E-state index is 0.182. The van der Waals surface area contributed by atoms with Gasteiger partial charge in [-0.1, -0.05) is 0 Å². The van der Waals surface area contributed by atoms with E-state index < -0.39 is 11.8 Å². The summed E-state index contributed by atoms with van der Waals surface area (Å²) in [6.07, 6.45) is 1.49. The predicted molar refractivity (Wildman–Crippen MR) is 115 cm³/mol. The Hall–Kier alpha value is -3.53. The van der Waals surface area contributed by atoms with Gasteiger partial charge in [0.25, 0.3) is 0 Å². The van der Waals surface area contributed by atoms with E-state index in [0.29, 0.717) is 17.9 Å². The van der Waals surface area contributed by atoms with Gasteiger partial charge in [0, 0.05) is 55.7 Å². The summed E-state index contributed by atoms with van der Waals surface area (Å²) in [6.45, 7) is 6.12. The molecule has 2 aromatic heterocycles. The van der Waals surface area contributed by atoms with Gasteiger partial charge in [0.2, 0.25) is 5.95 Å². The number of piperazine rings is 1. The minimum atomic E-state index is -0.651. The minimum Gasteiger partial charge on any atom is -0.369 e. The molecule has 0 radical (unpaired) electrons. The quantitative estimate of drug-likeness (QED) is 0.512. The third-order valence-corrected chi connectivity index (χ3v) is 4.70. The number of nitrogens with zero attached hydrogens (tertiary/aromatic N) is 4. The smallest absolute Gasteiger partial charge is 0.320 e. The highest BCUT2D eigenvalue weighted by Crippen LogP contribution is 2.22. The number of rotatable bonds is 5. The first-order valence-electron chi connectivity index (χ1n) is 9.83. The molecular formula is C20H23FN8O. The topological polar surface area (TPSA) is 107 Å². The van der Waals surface area contributed by atoms with Crippen molar-refractivity contribution in [1.82, 2.24) is 25.6 Å². The summed E-state index contributed by atoms with van der Waals surface area (Å²) in [4.78, 5) is 26.7. The standard InChI is InChI=1S/C20H23FN8O/c1-2-23-20(30)28-18-16(21)11-13-12-24-19(27-17(13)26-18)25-14-3-5-15(6-4-14)29-9-7-22-8-10-29/h3-6,11-12,22H,2,7-10H2,1H3,(H3,23,24,25,26,27,28,30). The summed E-state index contributed by atoms with van der Waals surface area (Å²) in [7, 11) is 0. The Morgan fingerprint density at radius 3 is 2.70 bits per heavy atom. The Kier molecular flexibility index (Phi) is 5.84. The highest BCUT2D eigenvalue weighted by atomic mass is 19.1. The number of carbonyl (C=O) groups excluding carboxylic acids is 1. The van der Waals surface area contributed by atoms with Gasteiger partial charge in [-0.05, 0) is 37.3 Å². The van der Waals surface area contributed by atoms with E-state index >= 15 is 0 Å². The van der Waals surface area contributed by atoms with Gasteiger partial charge in [-0.25, -0.2) is 19.2 Å². The maximum Gasteiger partial charge on any atom is 0.320 e. The van der Waals surface area contributed by atoms with E-state index in [9.17, 15) is 9.18 Å². The molecule has 0 saturated carbocycles. The fourth-order valence-corrected chi connectivity index (χ4v) is 3.21. The van der Waals surface area contributed by atoms with Crippen molar-refractivity contribution in [2.75, 3.05) is 48.3 Å². The molecule has 1 aliphatic rings. The molecule has 10 heteroatoms. The SMILES string of the molecule is CCNC(=O)Nc1nc2nc(Nc3ccc(N4CCNCC4)cc3)ncc2cc1F. The van der Waals surface area contributed by atoms with Crippen LogP contribution in [-0.4, -0.2) is 53.7 Å². The second-order valence-corrected chi connectivity index (χ2v) is 6.82. The monoisotopic (exact) mass is 410 g/mol. The zero-order valence-corrected chi connectivity index (χ0v) is 16.6. The number of carbonyl (C=O) groups is 1. The van der Waals surface area contributed by atoms with E-state index in [1.54, 1.807) is 6.92 Å². The van der Waals surface area contributed by atoms with Crippen LogP contribution < -0.4 is 26.2 Å². The molecule has 3 aromatic rings. The van der Waals surface area contributed by atoms with Gasteiger partial charge < -0.3 is 20.9 Å². The normalized spacial score (nSPS) is 13.9. The van der Waals surface area contributed by atoms with E-state index in [1.165, 1.54) is 18.0 Å². The lowest BCUT2D eigenvalue weighted by Crippen LogP contribution is -2.43. The van der Waals surface area contributed by atoms with Crippen molar-refractivity contribution in [3.8, 4) is 0 Å². The van der Waals surface area contributed by atoms with Gasteiger partial charge in [-0.2, -0.15) is 4.98 Å². The van der Waals surface area contributed by atoms with E-state index in [0.717, 1.165) is 31.9 Å². The van der Waals surface area contributed by atoms with Crippen molar-refractivity contribution < 1.29 is 9.18 Å². The molecule has 1 aromatic carbocycles. The maximum atomic E-state index is 14.2. The van der Waals surface area contributed by atoms with Crippen LogP contribution in [0.25, 0.3) is 11.0 Å². The van der Waals surface area contributed by atoms with Crippen molar-refractivity contribution in [2.45, 2.75) is 6.92 Å². The van der Waals surface area contributed by atoms with Crippen LogP contribution in [0.4, 0.5) is 32.3 Å². The van der Waals surface area contributed by atoms with Gasteiger partial charge in [-0.15, -0.1) is 0 Å². The van der Waals surface area contributed by atoms with Crippen molar-refractivity contribution >= 4 is 40.2 Å².